The van der Waals surface area contributed by atoms with E-state index in [9.17, 15) is 0 Å². The summed E-state index contributed by atoms with van der Waals surface area (Å²) in [6, 6.07) is 16.0. The summed E-state index contributed by atoms with van der Waals surface area (Å²) < 4.78 is 5.24. The van der Waals surface area contributed by atoms with Gasteiger partial charge in [-0.25, -0.2) is 4.98 Å². The number of nitrogens with zero attached hydrogens (tertiary/aromatic N) is 2. The third kappa shape index (κ3) is 3.96. The van der Waals surface area contributed by atoms with Crippen molar-refractivity contribution in [2.45, 2.75) is 6.92 Å². The van der Waals surface area contributed by atoms with Crippen LogP contribution in [0.2, 0.25) is 0 Å². The molecular formula is C18H17N3OS. The predicted octanol–water partition coefficient (Wildman–Crippen LogP) is 4.57. The summed E-state index contributed by atoms with van der Waals surface area (Å²) >= 11 is 1.52. The molecule has 0 aliphatic heterocycles. The molecule has 1 aromatic heterocycles. The third-order valence-corrected chi connectivity index (χ3v) is 4.07. The van der Waals surface area contributed by atoms with E-state index in [1.165, 1.54) is 16.9 Å². The van der Waals surface area contributed by atoms with Gasteiger partial charge in [0.1, 0.15) is 5.75 Å². The van der Waals surface area contributed by atoms with Crippen molar-refractivity contribution in [2.24, 2.45) is 5.10 Å². The molecule has 0 fully saturated rings. The Morgan fingerprint density at radius 2 is 2.00 bits per heavy atom. The molecule has 0 saturated carbocycles. The summed E-state index contributed by atoms with van der Waals surface area (Å²) in [5.41, 5.74) is 7.18. The number of ether oxygens (including phenoxy) is 1. The number of hydrazone groups is 1. The van der Waals surface area contributed by atoms with E-state index in [0.717, 1.165) is 27.7 Å². The van der Waals surface area contributed by atoms with Crippen LogP contribution < -0.4 is 10.2 Å². The second-order valence-electron chi connectivity index (χ2n) is 5.05. The smallest absolute Gasteiger partial charge is 0.203 e. The van der Waals surface area contributed by atoms with Crippen molar-refractivity contribution in [3.63, 3.8) is 0 Å². The average molecular weight is 323 g/mol. The third-order valence-electron chi connectivity index (χ3n) is 3.32. The number of thiazole rings is 1. The summed E-state index contributed by atoms with van der Waals surface area (Å²) in [4.78, 5) is 4.54. The number of hydrogen-bond donors (Lipinski definition) is 1. The van der Waals surface area contributed by atoms with Crippen LogP contribution >= 0.6 is 11.3 Å². The number of hydrogen-bond acceptors (Lipinski definition) is 5. The summed E-state index contributed by atoms with van der Waals surface area (Å²) in [7, 11) is 1.66. The Morgan fingerprint density at radius 3 is 2.78 bits per heavy atom. The lowest BCUT2D eigenvalue weighted by atomic mass is 10.2. The molecular weight excluding hydrogens is 306 g/mol. The molecule has 2 aromatic carbocycles. The second-order valence-corrected chi connectivity index (χ2v) is 5.91. The lowest BCUT2D eigenvalue weighted by Crippen LogP contribution is -1.90. The standard InChI is InChI=1S/C18H17N3OS/c1-13-6-8-14(9-7-13)11-19-21-18-20-17(12-23-18)15-4-3-5-16(10-15)22-2/h3-12H,1-2H3,(H,20,21)/b19-11-. The van der Waals surface area contributed by atoms with E-state index in [0.29, 0.717) is 0 Å². The van der Waals surface area contributed by atoms with Crippen LogP contribution in [-0.4, -0.2) is 18.3 Å². The molecule has 0 aliphatic carbocycles. The van der Waals surface area contributed by atoms with Gasteiger partial charge in [-0.3, -0.25) is 5.43 Å². The molecule has 3 aromatic rings. The van der Waals surface area contributed by atoms with Crippen molar-refractivity contribution < 1.29 is 4.74 Å². The van der Waals surface area contributed by atoms with Gasteiger partial charge >= 0.3 is 0 Å². The molecule has 0 aliphatic rings. The molecule has 0 saturated heterocycles. The second kappa shape index (κ2) is 7.07. The molecule has 3 rings (SSSR count). The van der Waals surface area contributed by atoms with Crippen LogP contribution in [-0.2, 0) is 0 Å². The minimum absolute atomic E-state index is 0.756. The topological polar surface area (TPSA) is 46.5 Å². The fraction of sp³-hybridized carbons (Fsp3) is 0.111. The van der Waals surface area contributed by atoms with Gasteiger partial charge in [-0.15, -0.1) is 11.3 Å². The lowest BCUT2D eigenvalue weighted by Gasteiger charge is -2.01. The first-order valence-corrected chi connectivity index (χ1v) is 8.08. The average Bonchev–Trinajstić information content (AvgIpc) is 3.06. The zero-order valence-corrected chi connectivity index (χ0v) is 13.8. The summed E-state index contributed by atoms with van der Waals surface area (Å²) in [6.07, 6.45) is 1.78. The Labute approximate surface area is 139 Å². The number of nitrogens with one attached hydrogen (secondary N) is 1. The summed E-state index contributed by atoms with van der Waals surface area (Å²) in [5.74, 6) is 0.822. The molecule has 5 heteroatoms. The maximum atomic E-state index is 5.24. The van der Waals surface area contributed by atoms with E-state index < -0.39 is 0 Å². The van der Waals surface area contributed by atoms with Gasteiger partial charge in [0.05, 0.1) is 19.0 Å². The zero-order valence-electron chi connectivity index (χ0n) is 13.0. The number of anilines is 1. The monoisotopic (exact) mass is 323 g/mol. The molecule has 0 bridgehead atoms. The molecule has 23 heavy (non-hydrogen) atoms. The number of aryl methyl sites for hydroxylation is 1. The predicted molar refractivity (Wildman–Crippen MR) is 96.5 cm³/mol. The van der Waals surface area contributed by atoms with E-state index in [1.54, 1.807) is 13.3 Å². The van der Waals surface area contributed by atoms with Gasteiger partial charge in [0.25, 0.3) is 0 Å². The normalized spacial score (nSPS) is 10.9. The Kier molecular flexibility index (Phi) is 4.68. The van der Waals surface area contributed by atoms with E-state index in [-0.39, 0.29) is 0 Å². The Balaban J connectivity index is 1.68. The van der Waals surface area contributed by atoms with Crippen molar-refractivity contribution >= 4 is 22.7 Å². The number of aromatic nitrogens is 1. The zero-order chi connectivity index (χ0) is 16.1. The van der Waals surface area contributed by atoms with Gasteiger partial charge < -0.3 is 4.74 Å². The summed E-state index contributed by atoms with van der Waals surface area (Å²) in [5, 5.41) is 6.98. The van der Waals surface area contributed by atoms with Crippen LogP contribution in [0.3, 0.4) is 0 Å². The molecule has 1 heterocycles. The van der Waals surface area contributed by atoms with Crippen LogP contribution in [0.25, 0.3) is 11.3 Å². The molecule has 4 nitrogen and oxygen atoms in total. The van der Waals surface area contributed by atoms with E-state index in [4.69, 9.17) is 4.74 Å². The first-order chi connectivity index (χ1) is 11.2. The highest BCUT2D eigenvalue weighted by Gasteiger charge is 2.04. The van der Waals surface area contributed by atoms with Gasteiger partial charge in [-0.1, -0.05) is 42.0 Å². The van der Waals surface area contributed by atoms with Crippen LogP contribution in [0.1, 0.15) is 11.1 Å². The van der Waals surface area contributed by atoms with Crippen molar-refractivity contribution in [3.8, 4) is 17.0 Å². The number of rotatable bonds is 5. The first-order valence-electron chi connectivity index (χ1n) is 7.20. The molecule has 0 radical (unpaired) electrons. The Hall–Kier alpha value is -2.66. The lowest BCUT2D eigenvalue weighted by molar-refractivity contribution is 0.415. The fourth-order valence-corrected chi connectivity index (χ4v) is 2.72. The highest BCUT2D eigenvalue weighted by molar-refractivity contribution is 7.14. The minimum Gasteiger partial charge on any atom is -0.497 e. The fourth-order valence-electron chi connectivity index (χ4n) is 2.05. The van der Waals surface area contributed by atoms with Gasteiger partial charge in [0.2, 0.25) is 5.13 Å². The number of benzene rings is 2. The van der Waals surface area contributed by atoms with Gasteiger partial charge in [-0.2, -0.15) is 5.10 Å². The highest BCUT2D eigenvalue weighted by Crippen LogP contribution is 2.27. The Bertz CT molecular complexity index is 809. The van der Waals surface area contributed by atoms with Crippen molar-refractivity contribution in [1.29, 1.82) is 0 Å². The molecule has 0 atom stereocenters. The van der Waals surface area contributed by atoms with E-state index in [1.807, 2.05) is 41.8 Å². The van der Waals surface area contributed by atoms with Crippen LogP contribution in [0.15, 0.2) is 59.0 Å². The maximum absolute atomic E-state index is 5.24. The van der Waals surface area contributed by atoms with Crippen molar-refractivity contribution in [2.75, 3.05) is 12.5 Å². The van der Waals surface area contributed by atoms with Crippen LogP contribution in [0.4, 0.5) is 5.13 Å². The summed E-state index contributed by atoms with van der Waals surface area (Å²) in [6.45, 7) is 2.06. The van der Waals surface area contributed by atoms with Gasteiger partial charge in [0, 0.05) is 10.9 Å². The molecule has 1 N–H and O–H groups in total. The first kappa shape index (κ1) is 15.2. The van der Waals surface area contributed by atoms with Crippen LogP contribution in [0.5, 0.6) is 5.75 Å². The van der Waals surface area contributed by atoms with Crippen LogP contribution in [0, 0.1) is 6.92 Å². The SMILES string of the molecule is COc1cccc(-c2csc(N/N=C\c3ccc(C)cc3)n2)c1. The molecule has 0 spiro atoms. The van der Waals surface area contributed by atoms with E-state index >= 15 is 0 Å². The Morgan fingerprint density at radius 1 is 1.17 bits per heavy atom. The number of methoxy groups -OCH3 is 1. The molecule has 0 unspecified atom stereocenters. The highest BCUT2D eigenvalue weighted by atomic mass is 32.1. The van der Waals surface area contributed by atoms with E-state index in [2.05, 4.69) is 34.6 Å². The largest absolute Gasteiger partial charge is 0.497 e. The molecule has 116 valence electrons. The van der Waals surface area contributed by atoms with Gasteiger partial charge in [-0.05, 0) is 24.6 Å². The van der Waals surface area contributed by atoms with Gasteiger partial charge in [0.15, 0.2) is 0 Å². The van der Waals surface area contributed by atoms with Crippen molar-refractivity contribution in [3.05, 3.63) is 65.0 Å². The van der Waals surface area contributed by atoms with Crippen molar-refractivity contribution in [1.82, 2.24) is 4.98 Å². The quantitative estimate of drug-likeness (QED) is 0.552. The maximum Gasteiger partial charge on any atom is 0.203 e. The minimum atomic E-state index is 0.756. The molecule has 0 amide bonds.